The number of likely N-dealkylation sites (N-methyl/N-ethyl adjacent to an activating group) is 1. The Kier molecular flexibility index (Phi) is 8.44. The number of benzene rings is 2. The molecule has 2 aromatic carbocycles. The summed E-state index contributed by atoms with van der Waals surface area (Å²) in [4.78, 5) is 27.3. The molecule has 0 aromatic heterocycles. The number of amides is 2. The molecule has 0 aliphatic rings. The molecule has 0 unspecified atom stereocenters. The summed E-state index contributed by atoms with van der Waals surface area (Å²) in [6.45, 7) is 8.77. The Balaban J connectivity index is 2.15. The van der Waals surface area contributed by atoms with E-state index in [9.17, 15) is 9.59 Å². The maximum absolute atomic E-state index is 13.1. The predicted molar refractivity (Wildman–Crippen MR) is 119 cm³/mol. The van der Waals surface area contributed by atoms with Gasteiger partial charge in [-0.25, -0.2) is 0 Å². The monoisotopic (exact) mass is 394 g/mol. The normalized spacial score (nSPS) is 11.9. The lowest BCUT2D eigenvalue weighted by atomic mass is 10.00. The number of aryl methyl sites for hydroxylation is 2. The highest BCUT2D eigenvalue weighted by molar-refractivity contribution is 5.87. The summed E-state index contributed by atoms with van der Waals surface area (Å²) < 4.78 is 0. The Bertz CT molecular complexity index is 812. The van der Waals surface area contributed by atoms with Crippen molar-refractivity contribution >= 4 is 11.8 Å². The first-order valence-electron chi connectivity index (χ1n) is 10.5. The van der Waals surface area contributed by atoms with Crippen LogP contribution in [0.25, 0.3) is 0 Å². The molecule has 1 atom stereocenters. The van der Waals surface area contributed by atoms with Crippen LogP contribution >= 0.6 is 0 Å². The molecule has 0 saturated carbocycles. The van der Waals surface area contributed by atoms with Crippen molar-refractivity contribution in [3.63, 3.8) is 0 Å². The van der Waals surface area contributed by atoms with E-state index in [0.717, 1.165) is 16.7 Å². The number of nitrogens with zero attached hydrogens (tertiary/aromatic N) is 1. The molecule has 2 amide bonds. The lowest BCUT2D eigenvalue weighted by Gasteiger charge is -2.30. The lowest BCUT2D eigenvalue weighted by molar-refractivity contribution is -0.141. The van der Waals surface area contributed by atoms with E-state index < -0.39 is 6.04 Å². The molecule has 0 saturated heterocycles. The minimum atomic E-state index is -0.462. The fourth-order valence-electron chi connectivity index (χ4n) is 3.56. The molecule has 1 N–H and O–H groups in total. The standard InChI is InChI=1S/C25H34N2O2/c1-6-23(25(29)26-5)27(17-21-9-7-8-19(4)16-21)24(28)15-12-20-10-13-22(14-11-20)18(2)3/h7-11,13-14,16,18,23H,6,12,15,17H2,1-5H3,(H,26,29)/t23-/m0/s1. The van der Waals surface area contributed by atoms with Gasteiger partial charge in [-0.1, -0.05) is 74.9 Å². The second kappa shape index (κ2) is 10.8. The molecule has 2 rings (SSSR count). The molecule has 0 aliphatic carbocycles. The maximum atomic E-state index is 13.1. The minimum absolute atomic E-state index is 0.00916. The number of nitrogens with one attached hydrogen (secondary N) is 1. The SMILES string of the molecule is CC[C@@H](C(=O)NC)N(Cc1cccc(C)c1)C(=O)CCc1ccc(C(C)C)cc1. The van der Waals surface area contributed by atoms with Crippen molar-refractivity contribution in [1.29, 1.82) is 0 Å². The number of hydrogen-bond acceptors (Lipinski definition) is 2. The van der Waals surface area contributed by atoms with Crippen LogP contribution in [-0.4, -0.2) is 29.8 Å². The van der Waals surface area contributed by atoms with Crippen LogP contribution in [-0.2, 0) is 22.6 Å². The summed E-state index contributed by atoms with van der Waals surface area (Å²) in [5, 5.41) is 2.71. The van der Waals surface area contributed by atoms with Gasteiger partial charge in [-0.3, -0.25) is 9.59 Å². The van der Waals surface area contributed by atoms with Crippen LogP contribution in [0.3, 0.4) is 0 Å². The highest BCUT2D eigenvalue weighted by Gasteiger charge is 2.27. The summed E-state index contributed by atoms with van der Waals surface area (Å²) >= 11 is 0. The summed E-state index contributed by atoms with van der Waals surface area (Å²) in [6, 6.07) is 16.1. The molecule has 4 nitrogen and oxygen atoms in total. The second-order valence-corrected chi connectivity index (χ2v) is 7.95. The Labute approximate surface area is 175 Å². The molecule has 4 heteroatoms. The van der Waals surface area contributed by atoms with Crippen LogP contribution < -0.4 is 5.32 Å². The Hall–Kier alpha value is -2.62. The Morgan fingerprint density at radius 3 is 2.28 bits per heavy atom. The van der Waals surface area contributed by atoms with Crippen LogP contribution in [0.4, 0.5) is 0 Å². The quantitative estimate of drug-likeness (QED) is 0.675. The van der Waals surface area contributed by atoms with Crippen LogP contribution in [0.1, 0.15) is 61.8 Å². The number of rotatable bonds is 9. The maximum Gasteiger partial charge on any atom is 0.242 e. The number of carbonyl (C=O) groups excluding carboxylic acids is 2. The molecule has 0 heterocycles. The molecule has 0 bridgehead atoms. The van der Waals surface area contributed by atoms with E-state index in [0.29, 0.717) is 31.7 Å². The molecule has 0 aliphatic heterocycles. The fourth-order valence-corrected chi connectivity index (χ4v) is 3.56. The zero-order valence-corrected chi connectivity index (χ0v) is 18.4. The van der Waals surface area contributed by atoms with Crippen molar-refractivity contribution in [2.24, 2.45) is 0 Å². The van der Waals surface area contributed by atoms with Gasteiger partial charge < -0.3 is 10.2 Å². The molecule has 0 spiro atoms. The van der Waals surface area contributed by atoms with E-state index >= 15 is 0 Å². The molecule has 156 valence electrons. The lowest BCUT2D eigenvalue weighted by Crippen LogP contribution is -2.48. The van der Waals surface area contributed by atoms with Gasteiger partial charge in [-0.2, -0.15) is 0 Å². The minimum Gasteiger partial charge on any atom is -0.357 e. The summed E-state index contributed by atoms with van der Waals surface area (Å²) in [7, 11) is 1.62. The summed E-state index contributed by atoms with van der Waals surface area (Å²) in [6.07, 6.45) is 1.65. The molecule has 0 fully saturated rings. The van der Waals surface area contributed by atoms with Gasteiger partial charge in [0.25, 0.3) is 0 Å². The van der Waals surface area contributed by atoms with Gasteiger partial charge in [0, 0.05) is 20.0 Å². The molecular formula is C25H34N2O2. The zero-order valence-electron chi connectivity index (χ0n) is 18.4. The van der Waals surface area contributed by atoms with E-state index in [1.54, 1.807) is 11.9 Å². The molecule has 29 heavy (non-hydrogen) atoms. The van der Waals surface area contributed by atoms with Gasteiger partial charge in [-0.15, -0.1) is 0 Å². The highest BCUT2D eigenvalue weighted by Crippen LogP contribution is 2.18. The average molecular weight is 395 g/mol. The predicted octanol–water partition coefficient (Wildman–Crippen LogP) is 4.60. The molecule has 2 aromatic rings. The zero-order chi connectivity index (χ0) is 21.4. The van der Waals surface area contributed by atoms with E-state index in [-0.39, 0.29) is 11.8 Å². The smallest absolute Gasteiger partial charge is 0.242 e. The van der Waals surface area contributed by atoms with Gasteiger partial charge in [0.15, 0.2) is 0 Å². The highest BCUT2D eigenvalue weighted by atomic mass is 16.2. The average Bonchev–Trinajstić information content (AvgIpc) is 2.71. The molecule has 0 radical (unpaired) electrons. The van der Waals surface area contributed by atoms with Crippen molar-refractivity contribution in [3.05, 3.63) is 70.8 Å². The van der Waals surface area contributed by atoms with Crippen LogP contribution in [0.2, 0.25) is 0 Å². The largest absolute Gasteiger partial charge is 0.357 e. The summed E-state index contributed by atoms with van der Waals surface area (Å²) in [5.74, 6) is 0.387. The first-order chi connectivity index (χ1) is 13.8. The van der Waals surface area contributed by atoms with E-state index in [2.05, 4.69) is 49.5 Å². The number of carbonyl (C=O) groups is 2. The van der Waals surface area contributed by atoms with Gasteiger partial charge in [-0.05, 0) is 42.4 Å². The van der Waals surface area contributed by atoms with Crippen molar-refractivity contribution < 1.29 is 9.59 Å². The molecular weight excluding hydrogens is 360 g/mol. The van der Waals surface area contributed by atoms with Crippen LogP contribution in [0.15, 0.2) is 48.5 Å². The van der Waals surface area contributed by atoms with Crippen LogP contribution in [0, 0.1) is 6.92 Å². The van der Waals surface area contributed by atoms with Gasteiger partial charge in [0.2, 0.25) is 11.8 Å². The second-order valence-electron chi connectivity index (χ2n) is 7.95. The Morgan fingerprint density at radius 2 is 1.72 bits per heavy atom. The fraction of sp³-hybridized carbons (Fsp3) is 0.440. The summed E-state index contributed by atoms with van der Waals surface area (Å²) in [5.41, 5.74) is 4.63. The van der Waals surface area contributed by atoms with Crippen molar-refractivity contribution in [2.45, 2.75) is 65.5 Å². The first-order valence-corrected chi connectivity index (χ1v) is 10.5. The third-order valence-corrected chi connectivity index (χ3v) is 5.34. The Morgan fingerprint density at radius 1 is 1.03 bits per heavy atom. The van der Waals surface area contributed by atoms with Gasteiger partial charge in [0.05, 0.1) is 0 Å². The van der Waals surface area contributed by atoms with E-state index in [1.165, 1.54) is 5.56 Å². The van der Waals surface area contributed by atoms with Gasteiger partial charge >= 0.3 is 0 Å². The van der Waals surface area contributed by atoms with Crippen LogP contribution in [0.5, 0.6) is 0 Å². The third-order valence-electron chi connectivity index (χ3n) is 5.34. The van der Waals surface area contributed by atoms with Gasteiger partial charge in [0.1, 0.15) is 6.04 Å². The van der Waals surface area contributed by atoms with Crippen molar-refractivity contribution in [1.82, 2.24) is 10.2 Å². The van der Waals surface area contributed by atoms with E-state index in [1.807, 2.05) is 32.0 Å². The third kappa shape index (κ3) is 6.45. The first kappa shape index (κ1) is 22.7. The van der Waals surface area contributed by atoms with E-state index in [4.69, 9.17) is 0 Å². The van der Waals surface area contributed by atoms with Crippen molar-refractivity contribution in [3.8, 4) is 0 Å². The topological polar surface area (TPSA) is 49.4 Å². The van der Waals surface area contributed by atoms with Crippen molar-refractivity contribution in [2.75, 3.05) is 7.05 Å². The number of hydrogen-bond donors (Lipinski definition) is 1.